The van der Waals surface area contributed by atoms with Crippen LogP contribution in [0.3, 0.4) is 0 Å². The number of nitrogens with one attached hydrogen (secondary N) is 1. The summed E-state index contributed by atoms with van der Waals surface area (Å²) in [5, 5.41) is 2.76. The van der Waals surface area contributed by atoms with Crippen molar-refractivity contribution in [3.63, 3.8) is 0 Å². The molecule has 1 aromatic carbocycles. The zero-order chi connectivity index (χ0) is 15.8. The Hall–Kier alpha value is -1.88. The highest BCUT2D eigenvalue weighted by Crippen LogP contribution is 2.09. The predicted molar refractivity (Wildman–Crippen MR) is 86.2 cm³/mol. The minimum Gasteiger partial charge on any atom is -0.354 e. The van der Waals surface area contributed by atoms with Gasteiger partial charge in [-0.2, -0.15) is 0 Å². The van der Waals surface area contributed by atoms with Crippen LogP contribution >= 0.6 is 0 Å². The van der Waals surface area contributed by atoms with Crippen LogP contribution in [0.2, 0.25) is 0 Å². The van der Waals surface area contributed by atoms with E-state index < -0.39 is 6.04 Å². The predicted octanol–water partition coefficient (Wildman–Crippen LogP) is 1.08. The number of benzene rings is 1. The zero-order valence-corrected chi connectivity index (χ0v) is 13.0. The maximum absolute atomic E-state index is 12.0. The van der Waals surface area contributed by atoms with Crippen LogP contribution in [-0.4, -0.2) is 42.4 Å². The lowest BCUT2D eigenvalue weighted by Gasteiger charge is -2.26. The van der Waals surface area contributed by atoms with Gasteiger partial charge in [-0.05, 0) is 31.2 Å². The standard InChI is InChI=1S/C17H25N3O2/c18-15(13-14-7-3-1-4-8-14)17(22)19-10-9-16(21)20-11-5-2-6-12-20/h1,3-4,7-8,15H,2,5-6,9-13,18H2,(H,19,22)/t15-/m0/s1. The minimum atomic E-state index is -0.576. The molecular formula is C17H25N3O2. The van der Waals surface area contributed by atoms with E-state index >= 15 is 0 Å². The molecular weight excluding hydrogens is 278 g/mol. The number of nitrogens with zero attached hydrogens (tertiary/aromatic N) is 1. The largest absolute Gasteiger partial charge is 0.354 e. The van der Waals surface area contributed by atoms with Gasteiger partial charge in [-0.15, -0.1) is 0 Å². The van der Waals surface area contributed by atoms with Gasteiger partial charge in [0, 0.05) is 26.1 Å². The van der Waals surface area contributed by atoms with Gasteiger partial charge in [0.1, 0.15) is 0 Å². The van der Waals surface area contributed by atoms with Gasteiger partial charge in [0.2, 0.25) is 11.8 Å². The number of likely N-dealkylation sites (tertiary alicyclic amines) is 1. The first-order valence-electron chi connectivity index (χ1n) is 8.02. The van der Waals surface area contributed by atoms with E-state index in [0.29, 0.717) is 19.4 Å². The Morgan fingerprint density at radius 1 is 1.14 bits per heavy atom. The first-order chi connectivity index (χ1) is 10.7. The van der Waals surface area contributed by atoms with Gasteiger partial charge in [0.25, 0.3) is 0 Å². The number of nitrogens with two attached hydrogens (primary N) is 1. The maximum atomic E-state index is 12.0. The fourth-order valence-corrected chi connectivity index (χ4v) is 2.69. The molecule has 0 bridgehead atoms. The van der Waals surface area contributed by atoms with Crippen LogP contribution in [0.15, 0.2) is 30.3 Å². The lowest BCUT2D eigenvalue weighted by molar-refractivity contribution is -0.132. The Labute approximate surface area is 131 Å². The summed E-state index contributed by atoms with van der Waals surface area (Å²) in [7, 11) is 0. The molecule has 120 valence electrons. The second-order valence-corrected chi connectivity index (χ2v) is 5.78. The molecule has 5 nitrogen and oxygen atoms in total. The van der Waals surface area contributed by atoms with Crippen molar-refractivity contribution in [2.75, 3.05) is 19.6 Å². The van der Waals surface area contributed by atoms with E-state index in [1.807, 2.05) is 35.2 Å². The molecule has 0 aliphatic carbocycles. The number of piperidine rings is 1. The number of amides is 2. The molecule has 1 heterocycles. The first-order valence-corrected chi connectivity index (χ1v) is 8.02. The van der Waals surface area contributed by atoms with Gasteiger partial charge in [0.05, 0.1) is 6.04 Å². The smallest absolute Gasteiger partial charge is 0.237 e. The van der Waals surface area contributed by atoms with Crippen molar-refractivity contribution in [3.8, 4) is 0 Å². The Bertz CT molecular complexity index is 484. The molecule has 0 radical (unpaired) electrons. The molecule has 0 saturated carbocycles. The quantitative estimate of drug-likeness (QED) is 0.825. The van der Waals surface area contributed by atoms with E-state index in [9.17, 15) is 9.59 Å². The zero-order valence-electron chi connectivity index (χ0n) is 13.0. The molecule has 22 heavy (non-hydrogen) atoms. The molecule has 0 spiro atoms. The molecule has 1 aromatic rings. The van der Waals surface area contributed by atoms with Crippen molar-refractivity contribution in [1.82, 2.24) is 10.2 Å². The third-order valence-electron chi connectivity index (χ3n) is 3.98. The summed E-state index contributed by atoms with van der Waals surface area (Å²) >= 11 is 0. The SMILES string of the molecule is N[C@@H](Cc1ccccc1)C(=O)NCCC(=O)N1CCCCC1. The van der Waals surface area contributed by atoms with Crippen LogP contribution in [0.5, 0.6) is 0 Å². The fourth-order valence-electron chi connectivity index (χ4n) is 2.69. The number of carbonyl (C=O) groups is 2. The molecule has 3 N–H and O–H groups in total. The third kappa shape index (κ3) is 5.15. The second-order valence-electron chi connectivity index (χ2n) is 5.78. The van der Waals surface area contributed by atoms with E-state index in [2.05, 4.69) is 5.32 Å². The fraction of sp³-hybridized carbons (Fsp3) is 0.529. The van der Waals surface area contributed by atoms with Gasteiger partial charge in [-0.1, -0.05) is 30.3 Å². The maximum Gasteiger partial charge on any atom is 0.237 e. The van der Waals surface area contributed by atoms with Gasteiger partial charge in [-0.3, -0.25) is 9.59 Å². The first kappa shape index (κ1) is 16.5. The summed E-state index contributed by atoms with van der Waals surface area (Å²) in [6, 6.07) is 9.11. The Kier molecular flexibility index (Phi) is 6.40. The van der Waals surface area contributed by atoms with E-state index in [0.717, 1.165) is 31.5 Å². The summed E-state index contributed by atoms with van der Waals surface area (Å²) < 4.78 is 0. The third-order valence-corrected chi connectivity index (χ3v) is 3.98. The Morgan fingerprint density at radius 2 is 1.82 bits per heavy atom. The van der Waals surface area contributed by atoms with Crippen molar-refractivity contribution in [1.29, 1.82) is 0 Å². The lowest BCUT2D eigenvalue weighted by atomic mass is 10.1. The number of hydrogen-bond donors (Lipinski definition) is 2. The highest BCUT2D eigenvalue weighted by atomic mass is 16.2. The van der Waals surface area contributed by atoms with E-state index in [1.54, 1.807) is 0 Å². The van der Waals surface area contributed by atoms with Crippen molar-refractivity contribution < 1.29 is 9.59 Å². The van der Waals surface area contributed by atoms with Crippen molar-refractivity contribution in [2.24, 2.45) is 5.73 Å². The molecule has 1 fully saturated rings. The topological polar surface area (TPSA) is 75.4 Å². The van der Waals surface area contributed by atoms with Gasteiger partial charge in [0.15, 0.2) is 0 Å². The van der Waals surface area contributed by atoms with Crippen LogP contribution in [0.4, 0.5) is 0 Å². The van der Waals surface area contributed by atoms with Crippen LogP contribution in [-0.2, 0) is 16.0 Å². The van der Waals surface area contributed by atoms with Gasteiger partial charge < -0.3 is 16.0 Å². The van der Waals surface area contributed by atoms with Crippen LogP contribution in [0.1, 0.15) is 31.2 Å². The average Bonchev–Trinajstić information content (AvgIpc) is 2.56. The van der Waals surface area contributed by atoms with E-state index in [1.165, 1.54) is 6.42 Å². The Balaban J connectivity index is 1.67. The number of rotatable bonds is 6. The summed E-state index contributed by atoms with van der Waals surface area (Å²) in [6.45, 7) is 2.05. The highest BCUT2D eigenvalue weighted by Gasteiger charge is 2.17. The number of carbonyl (C=O) groups excluding carboxylic acids is 2. The van der Waals surface area contributed by atoms with Crippen LogP contribution in [0, 0.1) is 0 Å². The molecule has 0 unspecified atom stereocenters. The summed E-state index contributed by atoms with van der Waals surface area (Å²) in [5.41, 5.74) is 6.94. The molecule has 0 aromatic heterocycles. The molecule has 1 saturated heterocycles. The Morgan fingerprint density at radius 3 is 2.50 bits per heavy atom. The molecule has 1 aliphatic heterocycles. The molecule has 5 heteroatoms. The summed E-state index contributed by atoms with van der Waals surface area (Å²) in [6.07, 6.45) is 4.23. The lowest BCUT2D eigenvalue weighted by Crippen LogP contribution is -2.44. The second kappa shape index (κ2) is 8.54. The van der Waals surface area contributed by atoms with Crippen molar-refractivity contribution >= 4 is 11.8 Å². The molecule has 2 rings (SSSR count). The molecule has 1 aliphatic rings. The summed E-state index contributed by atoms with van der Waals surface area (Å²) in [5.74, 6) is -0.0769. The van der Waals surface area contributed by atoms with Crippen LogP contribution in [0.25, 0.3) is 0 Å². The van der Waals surface area contributed by atoms with Crippen molar-refractivity contribution in [2.45, 2.75) is 38.1 Å². The summed E-state index contributed by atoms with van der Waals surface area (Å²) in [4.78, 5) is 25.8. The van der Waals surface area contributed by atoms with E-state index in [4.69, 9.17) is 5.73 Å². The monoisotopic (exact) mass is 303 g/mol. The minimum absolute atomic E-state index is 0.122. The molecule has 2 amide bonds. The van der Waals surface area contributed by atoms with Gasteiger partial charge >= 0.3 is 0 Å². The molecule has 1 atom stereocenters. The highest BCUT2D eigenvalue weighted by molar-refractivity contribution is 5.83. The van der Waals surface area contributed by atoms with Crippen LogP contribution < -0.4 is 11.1 Å². The van der Waals surface area contributed by atoms with E-state index in [-0.39, 0.29) is 11.8 Å². The van der Waals surface area contributed by atoms with Gasteiger partial charge in [-0.25, -0.2) is 0 Å². The normalized spacial score (nSPS) is 16.1. The average molecular weight is 303 g/mol. The van der Waals surface area contributed by atoms with Crippen molar-refractivity contribution in [3.05, 3.63) is 35.9 Å². The number of hydrogen-bond acceptors (Lipinski definition) is 3.